The lowest BCUT2D eigenvalue weighted by Crippen LogP contribution is -2.53. The van der Waals surface area contributed by atoms with Gasteiger partial charge >= 0.3 is 0 Å². The Morgan fingerprint density at radius 3 is 2.52 bits per heavy atom. The number of aromatic nitrogens is 2. The number of hydrogen-bond donors (Lipinski definition) is 0. The van der Waals surface area contributed by atoms with Crippen LogP contribution in [0.25, 0.3) is 0 Å². The number of piperazine rings is 1. The second kappa shape index (κ2) is 7.89. The molecular weight excluding hydrogens is 344 g/mol. The van der Waals surface area contributed by atoms with E-state index < -0.39 is 0 Å². The number of fused-ring (bicyclic) bond motifs is 1. The van der Waals surface area contributed by atoms with Gasteiger partial charge in [-0.25, -0.2) is 0 Å². The van der Waals surface area contributed by atoms with Crippen LogP contribution in [-0.2, 0) is 22.4 Å². The number of carbonyl (C=O) groups excluding carboxylic acids is 1. The quantitative estimate of drug-likeness (QED) is 0.806. The van der Waals surface area contributed by atoms with Crippen molar-refractivity contribution in [1.82, 2.24) is 19.6 Å². The molecule has 2 atom stereocenters. The second-order valence-corrected chi connectivity index (χ2v) is 7.99. The largest absolute Gasteiger partial charge is 0.381 e. The van der Waals surface area contributed by atoms with Gasteiger partial charge in [0.2, 0.25) is 0 Å². The van der Waals surface area contributed by atoms with Gasteiger partial charge in [-0.2, -0.15) is 5.10 Å². The summed E-state index contributed by atoms with van der Waals surface area (Å²) in [5.41, 5.74) is 2.83. The smallest absolute Gasteiger partial charge is 0.274 e. The maximum Gasteiger partial charge on any atom is 0.274 e. The summed E-state index contributed by atoms with van der Waals surface area (Å²) >= 11 is 0. The number of hydrogen-bond acceptors (Lipinski definition) is 5. The molecule has 0 N–H and O–H groups in total. The summed E-state index contributed by atoms with van der Waals surface area (Å²) < 4.78 is 13.4. The molecule has 3 aliphatic rings. The highest BCUT2D eigenvalue weighted by Gasteiger charge is 2.35. The van der Waals surface area contributed by atoms with Crippen molar-refractivity contribution >= 4 is 5.91 Å². The molecule has 0 saturated carbocycles. The fraction of sp³-hybridized carbons (Fsp3) is 0.800. The second-order valence-electron chi connectivity index (χ2n) is 7.99. The molecule has 4 rings (SSSR count). The maximum atomic E-state index is 13.3. The van der Waals surface area contributed by atoms with Crippen LogP contribution in [0.1, 0.15) is 61.5 Å². The Hall–Kier alpha value is -1.44. The Morgan fingerprint density at radius 1 is 1.15 bits per heavy atom. The van der Waals surface area contributed by atoms with Gasteiger partial charge in [0.1, 0.15) is 0 Å². The van der Waals surface area contributed by atoms with Crippen molar-refractivity contribution in [2.75, 3.05) is 39.4 Å². The van der Waals surface area contributed by atoms with Crippen molar-refractivity contribution in [1.29, 1.82) is 0 Å². The Labute approximate surface area is 161 Å². The summed E-state index contributed by atoms with van der Waals surface area (Å²) in [4.78, 5) is 17.8. The van der Waals surface area contributed by atoms with E-state index in [1.165, 1.54) is 0 Å². The molecule has 1 aromatic rings. The Morgan fingerprint density at radius 2 is 1.85 bits per heavy atom. The molecule has 150 valence electrons. The van der Waals surface area contributed by atoms with Gasteiger partial charge in [0.25, 0.3) is 5.91 Å². The number of nitrogens with zero attached hydrogens (tertiary/aromatic N) is 4. The van der Waals surface area contributed by atoms with E-state index in [-0.39, 0.29) is 18.1 Å². The number of carbonyl (C=O) groups is 1. The van der Waals surface area contributed by atoms with Gasteiger partial charge in [0.05, 0.1) is 17.9 Å². The van der Waals surface area contributed by atoms with E-state index in [4.69, 9.17) is 14.6 Å². The van der Waals surface area contributed by atoms with Crippen molar-refractivity contribution in [3.8, 4) is 0 Å². The highest BCUT2D eigenvalue weighted by atomic mass is 16.5. The molecule has 0 spiro atoms. The first-order chi connectivity index (χ1) is 13.1. The van der Waals surface area contributed by atoms with Gasteiger partial charge in [-0.15, -0.1) is 0 Å². The molecule has 7 heteroatoms. The van der Waals surface area contributed by atoms with E-state index in [1.807, 2.05) is 9.58 Å². The monoisotopic (exact) mass is 376 g/mol. The molecule has 3 aliphatic heterocycles. The van der Waals surface area contributed by atoms with Crippen molar-refractivity contribution in [2.24, 2.45) is 0 Å². The lowest BCUT2D eigenvalue weighted by molar-refractivity contribution is -0.00958. The molecule has 4 heterocycles. The summed E-state index contributed by atoms with van der Waals surface area (Å²) in [6.45, 7) is 12.1. The van der Waals surface area contributed by atoms with Gasteiger partial charge in [-0.3, -0.25) is 14.4 Å². The standard InChI is InChI=1S/C20H32N4O3/c1-4-24-19-15(3)27-14(2)13-17(19)18(21-24)20(25)23-9-7-22(8-10-23)16-5-11-26-12-6-16/h14-16H,4-13H2,1-3H3/t14-,15+/m1/s1. The summed E-state index contributed by atoms with van der Waals surface area (Å²) in [5.74, 6) is 0.0892. The molecule has 0 aliphatic carbocycles. The van der Waals surface area contributed by atoms with Gasteiger partial charge in [0.15, 0.2) is 5.69 Å². The van der Waals surface area contributed by atoms with Crippen LogP contribution >= 0.6 is 0 Å². The van der Waals surface area contributed by atoms with Crippen LogP contribution < -0.4 is 0 Å². The molecular formula is C20H32N4O3. The van der Waals surface area contributed by atoms with Crippen molar-refractivity contribution in [2.45, 2.75) is 64.8 Å². The predicted molar refractivity (Wildman–Crippen MR) is 102 cm³/mol. The van der Waals surface area contributed by atoms with Crippen molar-refractivity contribution in [3.63, 3.8) is 0 Å². The van der Waals surface area contributed by atoms with Gasteiger partial charge in [0, 0.05) is 64.0 Å². The normalized spacial score (nSPS) is 27.6. The molecule has 2 saturated heterocycles. The molecule has 0 radical (unpaired) electrons. The number of aryl methyl sites for hydroxylation is 1. The Bertz CT molecular complexity index is 675. The Balaban J connectivity index is 1.47. The molecule has 2 fully saturated rings. The zero-order valence-corrected chi connectivity index (χ0v) is 16.8. The average Bonchev–Trinajstić information content (AvgIpc) is 3.07. The highest BCUT2D eigenvalue weighted by molar-refractivity contribution is 5.94. The summed E-state index contributed by atoms with van der Waals surface area (Å²) in [5, 5.41) is 4.69. The van der Waals surface area contributed by atoms with Crippen LogP contribution in [0.2, 0.25) is 0 Å². The summed E-state index contributed by atoms with van der Waals surface area (Å²) in [6.07, 6.45) is 3.10. The van der Waals surface area contributed by atoms with Crippen LogP contribution in [0.4, 0.5) is 0 Å². The molecule has 0 bridgehead atoms. The van der Waals surface area contributed by atoms with Crippen molar-refractivity contribution in [3.05, 3.63) is 17.0 Å². The van der Waals surface area contributed by atoms with Crippen LogP contribution in [-0.4, -0.2) is 77.0 Å². The number of ether oxygens (including phenoxy) is 2. The van der Waals surface area contributed by atoms with Gasteiger partial charge < -0.3 is 14.4 Å². The minimum Gasteiger partial charge on any atom is -0.381 e. The van der Waals surface area contributed by atoms with E-state index in [2.05, 4.69) is 25.7 Å². The third-order valence-corrected chi connectivity index (χ3v) is 6.22. The maximum absolute atomic E-state index is 13.3. The zero-order chi connectivity index (χ0) is 19.0. The topological polar surface area (TPSA) is 59.8 Å². The van der Waals surface area contributed by atoms with Gasteiger partial charge in [-0.05, 0) is 33.6 Å². The first kappa shape index (κ1) is 18.9. The van der Waals surface area contributed by atoms with Crippen LogP contribution in [0, 0.1) is 0 Å². The summed E-state index contributed by atoms with van der Waals surface area (Å²) in [7, 11) is 0. The highest BCUT2D eigenvalue weighted by Crippen LogP contribution is 2.32. The van der Waals surface area contributed by atoms with E-state index in [9.17, 15) is 4.79 Å². The fourth-order valence-corrected chi connectivity index (χ4v) is 4.82. The number of rotatable bonds is 3. The van der Waals surface area contributed by atoms with E-state index >= 15 is 0 Å². The van der Waals surface area contributed by atoms with Gasteiger partial charge in [-0.1, -0.05) is 0 Å². The van der Waals surface area contributed by atoms with Crippen LogP contribution in [0.5, 0.6) is 0 Å². The van der Waals surface area contributed by atoms with E-state index in [0.717, 1.165) is 76.5 Å². The molecule has 27 heavy (non-hydrogen) atoms. The van der Waals surface area contributed by atoms with E-state index in [0.29, 0.717) is 11.7 Å². The SMILES string of the molecule is CCn1nc(C(=O)N2CCN(C3CCOCC3)CC2)c2c1[C@H](C)O[C@H](C)C2. The third kappa shape index (κ3) is 3.65. The molecule has 1 amide bonds. The average molecular weight is 377 g/mol. The fourth-order valence-electron chi connectivity index (χ4n) is 4.82. The Kier molecular flexibility index (Phi) is 5.53. The minimum atomic E-state index is -0.0110. The lowest BCUT2D eigenvalue weighted by atomic mass is 9.99. The van der Waals surface area contributed by atoms with Crippen LogP contribution in [0.3, 0.4) is 0 Å². The molecule has 0 aromatic carbocycles. The van der Waals surface area contributed by atoms with Crippen molar-refractivity contribution < 1.29 is 14.3 Å². The van der Waals surface area contributed by atoms with Crippen LogP contribution in [0.15, 0.2) is 0 Å². The molecule has 7 nitrogen and oxygen atoms in total. The zero-order valence-electron chi connectivity index (χ0n) is 16.8. The first-order valence-corrected chi connectivity index (χ1v) is 10.4. The number of amides is 1. The molecule has 1 aromatic heterocycles. The summed E-state index contributed by atoms with van der Waals surface area (Å²) in [6, 6.07) is 0.613. The lowest BCUT2D eigenvalue weighted by Gasteiger charge is -2.40. The first-order valence-electron chi connectivity index (χ1n) is 10.4. The predicted octanol–water partition coefficient (Wildman–Crippen LogP) is 1.86. The third-order valence-electron chi connectivity index (χ3n) is 6.22. The molecule has 0 unspecified atom stereocenters. The minimum absolute atomic E-state index is 0.0110. The van der Waals surface area contributed by atoms with E-state index in [1.54, 1.807) is 0 Å².